The van der Waals surface area contributed by atoms with Gasteiger partial charge in [-0.2, -0.15) is 0 Å². The molecule has 0 bridgehead atoms. The number of pyridine rings is 1. The van der Waals surface area contributed by atoms with Crippen LogP contribution in [0.25, 0.3) is 5.52 Å². The molecule has 0 saturated carbocycles. The van der Waals surface area contributed by atoms with E-state index in [1.165, 1.54) is 6.92 Å². The van der Waals surface area contributed by atoms with Crippen LogP contribution in [0.1, 0.15) is 52.2 Å². The maximum Gasteiger partial charge on any atom is 0.287 e. The van der Waals surface area contributed by atoms with E-state index in [0.717, 1.165) is 0 Å². The number of benzene rings is 1. The third-order valence-electron chi connectivity index (χ3n) is 4.16. The van der Waals surface area contributed by atoms with Crippen LogP contribution in [-0.2, 0) is 0 Å². The lowest BCUT2D eigenvalue weighted by Gasteiger charge is -2.06. The van der Waals surface area contributed by atoms with Crippen LogP contribution in [0.15, 0.2) is 48.7 Å². The molecule has 2 aromatic heterocycles. The second-order valence-electron chi connectivity index (χ2n) is 6.93. The smallest absolute Gasteiger partial charge is 0.287 e. The molecule has 0 unspecified atom stereocenters. The molecule has 28 heavy (non-hydrogen) atoms. The largest absolute Gasteiger partial charge is 0.349 e. The molecule has 0 atom stereocenters. The molecule has 0 radical (unpaired) electrons. The van der Waals surface area contributed by atoms with Crippen LogP contribution < -0.4 is 10.6 Å². The Morgan fingerprint density at radius 3 is 2.57 bits per heavy atom. The number of imidazole rings is 1. The molecular weight excluding hydrogens is 356 g/mol. The Morgan fingerprint density at radius 2 is 1.86 bits per heavy atom. The molecule has 7 nitrogen and oxygen atoms in total. The zero-order chi connectivity index (χ0) is 20.3. The monoisotopic (exact) mass is 378 g/mol. The molecule has 3 rings (SSSR count). The van der Waals surface area contributed by atoms with Gasteiger partial charge in [0, 0.05) is 24.0 Å². The Bertz CT molecular complexity index is 1050. The summed E-state index contributed by atoms with van der Waals surface area (Å²) >= 11 is 0. The minimum Gasteiger partial charge on any atom is -0.349 e. The van der Waals surface area contributed by atoms with E-state index in [1.54, 1.807) is 53.1 Å². The molecule has 7 heteroatoms. The van der Waals surface area contributed by atoms with Gasteiger partial charge in [0.1, 0.15) is 0 Å². The van der Waals surface area contributed by atoms with Gasteiger partial charge in [0.15, 0.2) is 11.5 Å². The van der Waals surface area contributed by atoms with E-state index in [0.29, 0.717) is 29.2 Å². The molecule has 3 aromatic rings. The maximum atomic E-state index is 12.8. The summed E-state index contributed by atoms with van der Waals surface area (Å²) in [6, 6.07) is 12.0. The number of rotatable bonds is 6. The van der Waals surface area contributed by atoms with Crippen molar-refractivity contribution in [2.24, 2.45) is 5.92 Å². The van der Waals surface area contributed by atoms with Gasteiger partial charge in [-0.3, -0.25) is 18.8 Å². The number of nitrogens with zero attached hydrogens (tertiary/aromatic N) is 2. The number of anilines is 1. The topological polar surface area (TPSA) is 92.6 Å². The van der Waals surface area contributed by atoms with Gasteiger partial charge in [-0.1, -0.05) is 32.0 Å². The van der Waals surface area contributed by atoms with Crippen LogP contribution in [0.5, 0.6) is 0 Å². The average Bonchev–Trinajstić information content (AvgIpc) is 3.06. The first-order chi connectivity index (χ1) is 13.4. The van der Waals surface area contributed by atoms with E-state index in [-0.39, 0.29) is 23.2 Å². The number of nitrogens with one attached hydrogen (secondary N) is 2. The van der Waals surface area contributed by atoms with Crippen LogP contribution in [0.2, 0.25) is 0 Å². The van der Waals surface area contributed by atoms with Gasteiger partial charge in [-0.25, -0.2) is 4.98 Å². The fraction of sp³-hybridized carbons (Fsp3) is 0.238. The highest BCUT2D eigenvalue weighted by atomic mass is 16.2. The third kappa shape index (κ3) is 4.09. The predicted octanol–water partition coefficient (Wildman–Crippen LogP) is 3.18. The minimum absolute atomic E-state index is 0.0901. The summed E-state index contributed by atoms with van der Waals surface area (Å²) in [4.78, 5) is 41.2. The normalized spacial score (nSPS) is 10.9. The SMILES string of the molecule is CC(=O)c1cccc(NC(=O)c2nc(C(=O)NCC(C)C)n3ccccc23)c1. The maximum absolute atomic E-state index is 12.8. The summed E-state index contributed by atoms with van der Waals surface area (Å²) in [6.07, 6.45) is 1.69. The second-order valence-corrected chi connectivity index (χ2v) is 6.93. The highest BCUT2D eigenvalue weighted by Gasteiger charge is 2.21. The van der Waals surface area contributed by atoms with Crippen molar-refractivity contribution in [2.75, 3.05) is 11.9 Å². The van der Waals surface area contributed by atoms with Crippen molar-refractivity contribution in [3.63, 3.8) is 0 Å². The number of ketones is 1. The number of amides is 2. The highest BCUT2D eigenvalue weighted by molar-refractivity contribution is 6.09. The molecule has 144 valence electrons. The molecule has 0 saturated heterocycles. The Hall–Kier alpha value is -3.48. The van der Waals surface area contributed by atoms with Gasteiger partial charge < -0.3 is 10.6 Å². The van der Waals surface area contributed by atoms with Crippen LogP contribution in [-0.4, -0.2) is 33.5 Å². The Kier molecular flexibility index (Phi) is 5.54. The van der Waals surface area contributed by atoms with Crippen molar-refractivity contribution in [3.05, 3.63) is 65.7 Å². The fourth-order valence-corrected chi connectivity index (χ4v) is 2.75. The summed E-state index contributed by atoms with van der Waals surface area (Å²) in [5.74, 6) is -0.433. The van der Waals surface area contributed by atoms with Crippen molar-refractivity contribution in [2.45, 2.75) is 20.8 Å². The predicted molar refractivity (Wildman–Crippen MR) is 107 cm³/mol. The van der Waals surface area contributed by atoms with Crippen LogP contribution in [0, 0.1) is 5.92 Å². The van der Waals surface area contributed by atoms with Crippen molar-refractivity contribution in [1.29, 1.82) is 0 Å². The number of carbonyl (C=O) groups is 3. The Morgan fingerprint density at radius 1 is 1.07 bits per heavy atom. The summed E-state index contributed by atoms with van der Waals surface area (Å²) in [5.41, 5.74) is 1.66. The quantitative estimate of drug-likeness (QED) is 0.645. The third-order valence-corrected chi connectivity index (χ3v) is 4.16. The molecule has 0 spiro atoms. The van der Waals surface area contributed by atoms with E-state index in [2.05, 4.69) is 15.6 Å². The number of hydrogen-bond donors (Lipinski definition) is 2. The lowest BCUT2D eigenvalue weighted by molar-refractivity contribution is 0.0937. The fourth-order valence-electron chi connectivity index (χ4n) is 2.75. The van der Waals surface area contributed by atoms with E-state index >= 15 is 0 Å². The lowest BCUT2D eigenvalue weighted by atomic mass is 10.1. The van der Waals surface area contributed by atoms with Gasteiger partial charge >= 0.3 is 0 Å². The summed E-state index contributed by atoms with van der Waals surface area (Å²) in [7, 11) is 0. The molecule has 2 heterocycles. The molecular formula is C21H22N4O3. The molecule has 0 fully saturated rings. The number of carbonyl (C=O) groups excluding carboxylic acids is 3. The van der Waals surface area contributed by atoms with Crippen LogP contribution in [0.3, 0.4) is 0 Å². The number of aromatic nitrogens is 2. The van der Waals surface area contributed by atoms with Gasteiger partial charge in [0.2, 0.25) is 5.82 Å². The first-order valence-electron chi connectivity index (χ1n) is 9.04. The van der Waals surface area contributed by atoms with E-state index in [1.807, 2.05) is 13.8 Å². The average molecular weight is 378 g/mol. The van der Waals surface area contributed by atoms with Gasteiger partial charge in [0.25, 0.3) is 11.8 Å². The Labute approximate surface area is 162 Å². The highest BCUT2D eigenvalue weighted by Crippen LogP contribution is 2.17. The zero-order valence-corrected chi connectivity index (χ0v) is 16.0. The van der Waals surface area contributed by atoms with E-state index in [4.69, 9.17) is 0 Å². The first-order valence-corrected chi connectivity index (χ1v) is 9.04. The minimum atomic E-state index is -0.452. The van der Waals surface area contributed by atoms with Gasteiger partial charge in [-0.15, -0.1) is 0 Å². The lowest BCUT2D eigenvalue weighted by Crippen LogP contribution is -2.29. The Balaban J connectivity index is 1.92. The summed E-state index contributed by atoms with van der Waals surface area (Å²) in [5, 5.41) is 5.57. The molecule has 0 aliphatic carbocycles. The summed E-state index contributed by atoms with van der Waals surface area (Å²) in [6.45, 7) is 5.97. The molecule has 1 aromatic carbocycles. The number of Topliss-reactive ketones (excluding diaryl/α,β-unsaturated/α-hetero) is 1. The van der Waals surface area contributed by atoms with E-state index < -0.39 is 5.91 Å². The number of fused-ring (bicyclic) bond motifs is 1. The zero-order valence-electron chi connectivity index (χ0n) is 16.0. The first kappa shape index (κ1) is 19.3. The van der Waals surface area contributed by atoms with Crippen molar-refractivity contribution in [1.82, 2.24) is 14.7 Å². The van der Waals surface area contributed by atoms with Crippen molar-refractivity contribution in [3.8, 4) is 0 Å². The van der Waals surface area contributed by atoms with Gasteiger partial charge in [-0.05, 0) is 37.1 Å². The molecule has 0 aliphatic heterocycles. The van der Waals surface area contributed by atoms with Crippen LogP contribution >= 0.6 is 0 Å². The number of hydrogen-bond acceptors (Lipinski definition) is 4. The van der Waals surface area contributed by atoms with E-state index in [9.17, 15) is 14.4 Å². The van der Waals surface area contributed by atoms with Crippen LogP contribution in [0.4, 0.5) is 5.69 Å². The standard InChI is InChI=1S/C21H22N4O3/c1-13(2)12-22-21(28)19-24-18(17-9-4-5-10-25(17)19)20(27)23-16-8-6-7-15(11-16)14(3)26/h4-11,13H,12H2,1-3H3,(H,22,28)(H,23,27). The molecule has 2 N–H and O–H groups in total. The van der Waals surface area contributed by atoms with Crippen molar-refractivity contribution >= 4 is 28.8 Å². The molecule has 2 amide bonds. The van der Waals surface area contributed by atoms with Gasteiger partial charge in [0.05, 0.1) is 5.52 Å². The van der Waals surface area contributed by atoms with Crippen molar-refractivity contribution < 1.29 is 14.4 Å². The molecule has 0 aliphatic rings. The second kappa shape index (κ2) is 8.04. The summed E-state index contributed by atoms with van der Waals surface area (Å²) < 4.78 is 1.59.